The van der Waals surface area contributed by atoms with Crippen LogP contribution in [0.2, 0.25) is 0 Å². The highest BCUT2D eigenvalue weighted by Gasteiger charge is 1.91. The summed E-state index contributed by atoms with van der Waals surface area (Å²) in [6.45, 7) is 2.25. The van der Waals surface area contributed by atoms with Crippen molar-refractivity contribution < 1.29 is 14.6 Å². The monoisotopic (exact) mass is 322 g/mol. The first-order chi connectivity index (χ1) is 10.9. The largest absolute Gasteiger partial charge is 0.220 e. The van der Waals surface area contributed by atoms with E-state index < -0.39 is 0 Å². The summed E-state index contributed by atoms with van der Waals surface area (Å²) in [5.41, 5.74) is 0. The van der Waals surface area contributed by atoms with E-state index in [2.05, 4.69) is 51.2 Å². The molecule has 0 amide bonds. The minimum Gasteiger partial charge on any atom is -0.220 e. The highest BCUT2D eigenvalue weighted by molar-refractivity contribution is 7.99. The van der Waals surface area contributed by atoms with Gasteiger partial charge in [-0.1, -0.05) is 75.7 Å². The summed E-state index contributed by atoms with van der Waals surface area (Å²) < 4.78 is 4.05. The number of rotatable bonds is 12. The van der Waals surface area contributed by atoms with Crippen molar-refractivity contribution in [3.8, 4) is 34.9 Å². The third-order valence-electron chi connectivity index (χ3n) is 3.09. The van der Waals surface area contributed by atoms with E-state index in [9.17, 15) is 0 Å². The molecule has 0 aliphatic rings. The average Bonchev–Trinajstić information content (AvgIpc) is 2.54. The molecule has 1 N–H and O–H groups in total. The van der Waals surface area contributed by atoms with Crippen LogP contribution >= 0.6 is 12.0 Å². The van der Waals surface area contributed by atoms with Gasteiger partial charge >= 0.3 is 0 Å². The van der Waals surface area contributed by atoms with Crippen molar-refractivity contribution in [1.29, 1.82) is 0 Å². The molecule has 122 valence electrons. The summed E-state index contributed by atoms with van der Waals surface area (Å²) in [4.78, 5) is 0. The van der Waals surface area contributed by atoms with Gasteiger partial charge in [-0.15, -0.1) is 4.33 Å². The fraction of sp³-hybridized carbons (Fsp3) is 0.667. The molecule has 0 aromatic carbocycles. The first-order valence-electron chi connectivity index (χ1n) is 8.03. The van der Waals surface area contributed by atoms with Gasteiger partial charge in [-0.25, -0.2) is 5.26 Å². The van der Waals surface area contributed by atoms with Gasteiger partial charge in [-0.3, -0.25) is 0 Å². The maximum absolute atomic E-state index is 7.83. The van der Waals surface area contributed by atoms with Crippen LogP contribution in [-0.4, -0.2) is 5.26 Å². The van der Waals surface area contributed by atoms with E-state index in [0.29, 0.717) is 12.0 Å². The second-order valence-corrected chi connectivity index (χ2v) is 5.44. The molecule has 0 unspecified atom stereocenters. The van der Waals surface area contributed by atoms with Crippen LogP contribution in [0.5, 0.6) is 0 Å². The lowest BCUT2D eigenvalue weighted by molar-refractivity contribution is -0.431. The second kappa shape index (κ2) is 19.9. The van der Waals surface area contributed by atoms with Crippen LogP contribution < -0.4 is 0 Å². The lowest BCUT2D eigenvalue weighted by atomic mass is 10.1. The summed E-state index contributed by atoms with van der Waals surface area (Å²) in [6.07, 6.45) is 14.3. The van der Waals surface area contributed by atoms with Crippen LogP contribution in [0.15, 0.2) is 0 Å². The van der Waals surface area contributed by atoms with Crippen LogP contribution in [0.1, 0.15) is 77.6 Å². The Labute approximate surface area is 139 Å². The molecule has 0 saturated carbocycles. The Morgan fingerprint density at radius 3 is 2.00 bits per heavy atom. The van der Waals surface area contributed by atoms with Gasteiger partial charge < -0.3 is 0 Å². The van der Waals surface area contributed by atoms with Gasteiger partial charge in [0, 0.05) is 17.6 Å². The number of hydrogen-bond donors (Lipinski definition) is 1. The summed E-state index contributed by atoms with van der Waals surface area (Å²) >= 11 is 0.656. The van der Waals surface area contributed by atoms with Gasteiger partial charge in [0.2, 0.25) is 0 Å². The molecular weight excluding hydrogens is 296 g/mol. The highest BCUT2D eigenvalue weighted by Crippen LogP contribution is 2.10. The van der Waals surface area contributed by atoms with Gasteiger partial charge in [0.25, 0.3) is 0 Å². The Hall–Kier alpha value is -1.09. The Morgan fingerprint density at radius 2 is 1.36 bits per heavy atom. The van der Waals surface area contributed by atoms with Crippen molar-refractivity contribution in [1.82, 2.24) is 0 Å². The topological polar surface area (TPSA) is 38.7 Å². The molecule has 0 saturated heterocycles. The molecule has 3 nitrogen and oxygen atoms in total. The van der Waals surface area contributed by atoms with Crippen LogP contribution in [0.25, 0.3) is 0 Å². The molecule has 0 aliphatic heterocycles. The van der Waals surface area contributed by atoms with Crippen LogP contribution in [0, 0.1) is 34.9 Å². The highest BCUT2D eigenvalue weighted by atomic mass is 32.2. The smallest absolute Gasteiger partial charge is 0.125 e. The van der Waals surface area contributed by atoms with Crippen molar-refractivity contribution in [2.45, 2.75) is 77.6 Å². The predicted molar refractivity (Wildman–Crippen MR) is 92.2 cm³/mol. The van der Waals surface area contributed by atoms with Crippen molar-refractivity contribution in [2.75, 3.05) is 0 Å². The third-order valence-corrected chi connectivity index (χ3v) is 3.40. The molecule has 0 bridgehead atoms. The molecule has 0 radical (unpaired) electrons. The molecule has 0 aromatic heterocycles. The van der Waals surface area contributed by atoms with Gasteiger partial charge in [0.15, 0.2) is 0 Å². The van der Waals surface area contributed by atoms with Gasteiger partial charge in [0.1, 0.15) is 12.0 Å². The fourth-order valence-electron chi connectivity index (χ4n) is 1.95. The number of hydrogen-bond acceptors (Lipinski definition) is 4. The van der Waals surface area contributed by atoms with E-state index >= 15 is 0 Å². The standard InChI is InChI=1S/C18H26O3S/c1-2-3-4-5-6-7-8-9-10-11-12-13-14-15-16-17-18-22-21-20-19/h19H,2-12H2,1H3. The maximum atomic E-state index is 7.83. The molecule has 0 atom stereocenters. The van der Waals surface area contributed by atoms with Crippen LogP contribution in [0.3, 0.4) is 0 Å². The summed E-state index contributed by atoms with van der Waals surface area (Å²) in [5.74, 6) is 13.5. The van der Waals surface area contributed by atoms with E-state index in [1.807, 2.05) is 0 Å². The lowest BCUT2D eigenvalue weighted by Crippen LogP contribution is -1.81. The first-order valence-corrected chi connectivity index (χ1v) is 8.77. The zero-order chi connectivity index (χ0) is 16.1. The maximum Gasteiger partial charge on any atom is 0.125 e. The quantitative estimate of drug-likeness (QED) is 0.173. The zero-order valence-corrected chi connectivity index (χ0v) is 14.3. The van der Waals surface area contributed by atoms with Crippen molar-refractivity contribution in [3.63, 3.8) is 0 Å². The van der Waals surface area contributed by atoms with E-state index in [0.717, 1.165) is 12.8 Å². The van der Waals surface area contributed by atoms with Crippen molar-refractivity contribution in [2.24, 2.45) is 0 Å². The normalized spacial score (nSPS) is 9.00. The Kier molecular flexibility index (Phi) is 18.9. The fourth-order valence-corrected chi connectivity index (χ4v) is 2.11. The molecular formula is C18H26O3S. The minimum atomic E-state index is 0.656. The minimum absolute atomic E-state index is 0.656. The predicted octanol–water partition coefficient (Wildman–Crippen LogP) is 5.33. The number of unbranched alkanes of at least 4 members (excludes halogenated alkanes) is 10. The third kappa shape index (κ3) is 18.9. The molecule has 0 heterocycles. The second-order valence-electron chi connectivity index (χ2n) is 4.94. The molecule has 22 heavy (non-hydrogen) atoms. The molecule has 0 fully saturated rings. The van der Waals surface area contributed by atoms with Crippen molar-refractivity contribution in [3.05, 3.63) is 0 Å². The van der Waals surface area contributed by atoms with Crippen LogP contribution in [0.4, 0.5) is 0 Å². The molecule has 0 spiro atoms. The van der Waals surface area contributed by atoms with E-state index in [1.165, 1.54) is 57.8 Å². The molecule has 0 aromatic rings. The Bertz CT molecular complexity index is 415. The Morgan fingerprint density at radius 1 is 0.773 bits per heavy atom. The van der Waals surface area contributed by atoms with Crippen LogP contribution in [-0.2, 0) is 9.37 Å². The van der Waals surface area contributed by atoms with Gasteiger partial charge in [-0.05, 0) is 24.2 Å². The molecule has 4 heteroatoms. The van der Waals surface area contributed by atoms with E-state index in [-0.39, 0.29) is 0 Å². The first kappa shape index (κ1) is 20.9. The van der Waals surface area contributed by atoms with Gasteiger partial charge in [0.05, 0.1) is 0 Å². The lowest BCUT2D eigenvalue weighted by Gasteiger charge is -2.00. The summed E-state index contributed by atoms with van der Waals surface area (Å²) in [7, 11) is 0. The van der Waals surface area contributed by atoms with E-state index in [1.54, 1.807) is 0 Å². The molecule has 0 aliphatic carbocycles. The van der Waals surface area contributed by atoms with E-state index in [4.69, 9.17) is 5.26 Å². The SMILES string of the molecule is CCCCCCCCCCCCC#CC#CC#CSOOO. The average molecular weight is 322 g/mol. The summed E-state index contributed by atoms with van der Waals surface area (Å²) in [6, 6.07) is 0. The van der Waals surface area contributed by atoms with Crippen molar-refractivity contribution >= 4 is 12.0 Å². The summed E-state index contributed by atoms with van der Waals surface area (Å²) in [5, 5.41) is 13.6. The zero-order valence-electron chi connectivity index (χ0n) is 13.5. The Balaban J connectivity index is 3.31. The van der Waals surface area contributed by atoms with Gasteiger partial charge in [-0.2, -0.15) is 0 Å². The molecule has 0 rings (SSSR count).